The molecular weight excluding hydrogens is 805 g/mol. The van der Waals surface area contributed by atoms with Gasteiger partial charge in [-0.15, -0.1) is 0 Å². The first-order chi connectivity index (χ1) is 32.0. The van der Waals surface area contributed by atoms with E-state index in [1.807, 2.05) is 0 Å². The molecule has 0 aromatic carbocycles. The topological polar surface area (TPSA) is 78.9 Å². The molecule has 0 fully saturated rings. The van der Waals surface area contributed by atoms with Crippen LogP contribution in [0, 0.1) is 0 Å². The Morgan fingerprint density at radius 1 is 0.308 bits per heavy atom. The minimum atomic E-state index is -0.776. The minimum Gasteiger partial charge on any atom is -0.462 e. The van der Waals surface area contributed by atoms with Gasteiger partial charge in [-0.2, -0.15) is 0 Å². The maximum atomic E-state index is 12.8. The maximum absolute atomic E-state index is 12.8. The third-order valence-corrected chi connectivity index (χ3v) is 12.6. The van der Waals surface area contributed by atoms with Crippen molar-refractivity contribution in [3.63, 3.8) is 0 Å². The number of unbranched alkanes of at least 4 members (excludes halogenated alkanes) is 35. The fourth-order valence-electron chi connectivity index (χ4n) is 8.33. The second-order valence-corrected chi connectivity index (χ2v) is 19.2. The van der Waals surface area contributed by atoms with Crippen molar-refractivity contribution in [1.29, 1.82) is 0 Å². The van der Waals surface area contributed by atoms with Crippen LogP contribution in [0.1, 0.15) is 303 Å². The predicted octanol–water partition coefficient (Wildman–Crippen LogP) is 18.9. The van der Waals surface area contributed by atoms with E-state index in [-0.39, 0.29) is 31.1 Å². The summed E-state index contributed by atoms with van der Waals surface area (Å²) >= 11 is 0. The molecular formula is C59H108O6. The van der Waals surface area contributed by atoms with Gasteiger partial charge in [-0.1, -0.05) is 263 Å². The zero-order valence-electron chi connectivity index (χ0n) is 43.5. The lowest BCUT2D eigenvalue weighted by Crippen LogP contribution is -2.30. The second-order valence-electron chi connectivity index (χ2n) is 19.2. The largest absolute Gasteiger partial charge is 0.462 e. The van der Waals surface area contributed by atoms with Gasteiger partial charge in [0.05, 0.1) is 0 Å². The van der Waals surface area contributed by atoms with Crippen molar-refractivity contribution in [3.8, 4) is 0 Å². The molecule has 0 bridgehead atoms. The summed E-state index contributed by atoms with van der Waals surface area (Å²) < 4.78 is 16.9. The highest BCUT2D eigenvalue weighted by molar-refractivity contribution is 5.71. The molecule has 380 valence electrons. The summed E-state index contributed by atoms with van der Waals surface area (Å²) in [5, 5.41) is 0. The lowest BCUT2D eigenvalue weighted by atomic mass is 10.0. The molecule has 0 saturated carbocycles. The summed E-state index contributed by atoms with van der Waals surface area (Å²) in [4.78, 5) is 38.1. The minimum absolute atomic E-state index is 0.0745. The third kappa shape index (κ3) is 52.5. The van der Waals surface area contributed by atoms with Crippen LogP contribution in [-0.4, -0.2) is 37.2 Å². The van der Waals surface area contributed by atoms with Crippen LogP contribution in [0.5, 0.6) is 0 Å². The Morgan fingerprint density at radius 2 is 0.554 bits per heavy atom. The standard InChI is InChI=1S/C59H108O6/c1-4-7-10-13-16-19-22-25-28-29-32-34-37-40-43-46-49-52-58(61)64-55-56(65-59(62)53-50-47-44-41-38-35-31-27-24-21-18-15-12-9-6-3)54-63-57(60)51-48-45-42-39-36-33-30-26-23-20-17-14-11-8-5-2/h16,19,25,28,32,34,56H,4-15,17-18,20-24,26-27,29-31,33,35-55H2,1-3H3/b19-16+,28-25+,34-32+/t56-/m1/s1. The van der Waals surface area contributed by atoms with E-state index < -0.39 is 6.10 Å². The van der Waals surface area contributed by atoms with Crippen LogP contribution in [0.3, 0.4) is 0 Å². The first kappa shape index (κ1) is 62.6. The summed E-state index contributed by atoms with van der Waals surface area (Å²) in [7, 11) is 0. The van der Waals surface area contributed by atoms with E-state index in [0.717, 1.165) is 83.5 Å². The van der Waals surface area contributed by atoms with Gasteiger partial charge in [0, 0.05) is 19.3 Å². The average Bonchev–Trinajstić information content (AvgIpc) is 3.30. The van der Waals surface area contributed by atoms with Gasteiger partial charge in [-0.3, -0.25) is 14.4 Å². The fourth-order valence-corrected chi connectivity index (χ4v) is 8.33. The maximum Gasteiger partial charge on any atom is 0.306 e. The van der Waals surface area contributed by atoms with E-state index in [2.05, 4.69) is 57.2 Å². The van der Waals surface area contributed by atoms with Crippen LogP contribution in [0.25, 0.3) is 0 Å². The monoisotopic (exact) mass is 913 g/mol. The number of carbonyl (C=O) groups excluding carboxylic acids is 3. The molecule has 0 spiro atoms. The molecule has 0 saturated heterocycles. The highest BCUT2D eigenvalue weighted by Crippen LogP contribution is 2.17. The normalized spacial score (nSPS) is 12.2. The SMILES string of the molecule is CCCCC/C=C/C/C=C/C/C=C/CCCCCCC(=O)OC[C@@H](COC(=O)CCCCCCCCCCCCCCCCC)OC(=O)CCCCCCCCCCCCCCCCC. The zero-order chi connectivity index (χ0) is 47.2. The van der Waals surface area contributed by atoms with E-state index in [1.165, 1.54) is 180 Å². The second kappa shape index (κ2) is 54.2. The lowest BCUT2D eigenvalue weighted by molar-refractivity contribution is -0.167. The molecule has 65 heavy (non-hydrogen) atoms. The van der Waals surface area contributed by atoms with Crippen LogP contribution < -0.4 is 0 Å². The summed E-state index contributed by atoms with van der Waals surface area (Å²) in [5.74, 6) is -0.878. The van der Waals surface area contributed by atoms with Crippen molar-refractivity contribution in [2.24, 2.45) is 0 Å². The highest BCUT2D eigenvalue weighted by Gasteiger charge is 2.19. The van der Waals surface area contributed by atoms with Crippen LogP contribution in [0.4, 0.5) is 0 Å². The van der Waals surface area contributed by atoms with Gasteiger partial charge in [0.15, 0.2) is 6.10 Å². The molecule has 6 nitrogen and oxygen atoms in total. The fraction of sp³-hybridized carbons (Fsp3) is 0.847. The molecule has 0 N–H and O–H groups in total. The summed E-state index contributed by atoms with van der Waals surface area (Å²) in [6, 6.07) is 0. The Bertz CT molecular complexity index is 1090. The van der Waals surface area contributed by atoms with Crippen LogP contribution in [0.15, 0.2) is 36.5 Å². The molecule has 0 aliphatic rings. The predicted molar refractivity (Wildman–Crippen MR) is 279 cm³/mol. The number of esters is 3. The Morgan fingerprint density at radius 3 is 0.892 bits per heavy atom. The van der Waals surface area contributed by atoms with Crippen molar-refractivity contribution in [1.82, 2.24) is 0 Å². The molecule has 0 aromatic rings. The molecule has 6 heteroatoms. The molecule has 1 atom stereocenters. The number of rotatable bonds is 52. The van der Waals surface area contributed by atoms with Gasteiger partial charge in [0.25, 0.3) is 0 Å². The summed E-state index contributed by atoms with van der Waals surface area (Å²) in [6.45, 7) is 6.63. The first-order valence-electron chi connectivity index (χ1n) is 28.5. The molecule has 0 radical (unpaired) electrons. The molecule has 0 heterocycles. The molecule has 0 rings (SSSR count). The van der Waals surface area contributed by atoms with Crippen LogP contribution in [-0.2, 0) is 28.6 Å². The quantitative estimate of drug-likeness (QED) is 0.0262. The molecule has 0 amide bonds. The van der Waals surface area contributed by atoms with Crippen LogP contribution in [0.2, 0.25) is 0 Å². The first-order valence-corrected chi connectivity index (χ1v) is 28.5. The van der Waals surface area contributed by atoms with Crippen molar-refractivity contribution >= 4 is 17.9 Å². The van der Waals surface area contributed by atoms with E-state index in [9.17, 15) is 14.4 Å². The Kier molecular flexibility index (Phi) is 52.3. The van der Waals surface area contributed by atoms with Gasteiger partial charge in [-0.25, -0.2) is 0 Å². The zero-order valence-corrected chi connectivity index (χ0v) is 43.5. The number of allylic oxidation sites excluding steroid dienone is 6. The Balaban J connectivity index is 4.37. The van der Waals surface area contributed by atoms with E-state index in [1.54, 1.807) is 0 Å². The smallest absolute Gasteiger partial charge is 0.306 e. The molecule has 0 aromatic heterocycles. The molecule has 0 unspecified atom stereocenters. The van der Waals surface area contributed by atoms with Crippen molar-refractivity contribution in [2.75, 3.05) is 13.2 Å². The van der Waals surface area contributed by atoms with Crippen LogP contribution >= 0.6 is 0 Å². The van der Waals surface area contributed by atoms with E-state index in [4.69, 9.17) is 14.2 Å². The van der Waals surface area contributed by atoms with Gasteiger partial charge in [-0.05, 0) is 57.8 Å². The molecule has 0 aliphatic heterocycles. The highest BCUT2D eigenvalue weighted by atomic mass is 16.6. The van der Waals surface area contributed by atoms with Crippen molar-refractivity contribution < 1.29 is 28.6 Å². The average molecular weight is 914 g/mol. The summed E-state index contributed by atoms with van der Waals surface area (Å²) in [5.41, 5.74) is 0. The van der Waals surface area contributed by atoms with Gasteiger partial charge >= 0.3 is 17.9 Å². The number of hydrogen-bond acceptors (Lipinski definition) is 6. The summed E-state index contributed by atoms with van der Waals surface area (Å²) in [6.07, 6.45) is 64.1. The van der Waals surface area contributed by atoms with E-state index >= 15 is 0 Å². The Labute approximate surface area is 404 Å². The van der Waals surface area contributed by atoms with Gasteiger partial charge in [0.1, 0.15) is 13.2 Å². The lowest BCUT2D eigenvalue weighted by Gasteiger charge is -2.18. The van der Waals surface area contributed by atoms with E-state index in [0.29, 0.717) is 19.3 Å². The Hall–Kier alpha value is -2.37. The number of hydrogen-bond donors (Lipinski definition) is 0. The van der Waals surface area contributed by atoms with Crippen molar-refractivity contribution in [2.45, 2.75) is 309 Å². The van der Waals surface area contributed by atoms with Gasteiger partial charge in [0.2, 0.25) is 0 Å². The number of carbonyl (C=O) groups is 3. The third-order valence-electron chi connectivity index (χ3n) is 12.6. The molecule has 0 aliphatic carbocycles. The number of ether oxygens (including phenoxy) is 3. The van der Waals surface area contributed by atoms with Crippen molar-refractivity contribution in [3.05, 3.63) is 36.5 Å². The van der Waals surface area contributed by atoms with Gasteiger partial charge < -0.3 is 14.2 Å².